The van der Waals surface area contributed by atoms with Gasteiger partial charge in [0.2, 0.25) is 5.91 Å². The molecule has 1 aromatic heterocycles. The predicted octanol–water partition coefficient (Wildman–Crippen LogP) is 2.67. The maximum absolute atomic E-state index is 11.7. The largest absolute Gasteiger partial charge is 0.353 e. The Hall–Kier alpha value is -1.49. The van der Waals surface area contributed by atoms with Gasteiger partial charge in [-0.05, 0) is 32.9 Å². The molecule has 2 rings (SSSR count). The van der Waals surface area contributed by atoms with Crippen LogP contribution >= 0.6 is 11.8 Å². The van der Waals surface area contributed by atoms with Crippen LogP contribution in [0, 0.1) is 0 Å². The van der Waals surface area contributed by atoms with Gasteiger partial charge in [0.05, 0.1) is 16.8 Å². The van der Waals surface area contributed by atoms with Gasteiger partial charge in [0.25, 0.3) is 0 Å². The lowest BCUT2D eigenvalue weighted by Crippen LogP contribution is -2.31. The van der Waals surface area contributed by atoms with Gasteiger partial charge in [-0.15, -0.1) is 0 Å². The quantitative estimate of drug-likeness (QED) is 0.855. The van der Waals surface area contributed by atoms with E-state index < -0.39 is 0 Å². The summed E-state index contributed by atoms with van der Waals surface area (Å²) in [6, 6.07) is 8.23. The number of benzene rings is 1. The van der Waals surface area contributed by atoms with Crippen molar-refractivity contribution in [3.8, 4) is 0 Å². The third-order valence-electron chi connectivity index (χ3n) is 2.72. The molecule has 19 heavy (non-hydrogen) atoms. The molecule has 1 amide bonds. The van der Waals surface area contributed by atoms with Crippen LogP contribution in [0.15, 0.2) is 29.4 Å². The molecule has 0 radical (unpaired) electrons. The number of hydrogen-bond acceptors (Lipinski definition) is 3. The monoisotopic (exact) mass is 277 g/mol. The van der Waals surface area contributed by atoms with Crippen molar-refractivity contribution in [3.05, 3.63) is 24.3 Å². The molecule has 0 atom stereocenters. The summed E-state index contributed by atoms with van der Waals surface area (Å²) < 4.78 is 2.14. The molecule has 0 spiro atoms. The van der Waals surface area contributed by atoms with Gasteiger partial charge in [0, 0.05) is 12.6 Å². The smallest absolute Gasteiger partial charge is 0.230 e. The number of imidazole rings is 1. The molecule has 0 fully saturated rings. The molecule has 0 bridgehead atoms. The van der Waals surface area contributed by atoms with E-state index in [1.54, 1.807) is 0 Å². The Labute approximate surface area is 117 Å². The second-order valence-electron chi connectivity index (χ2n) is 4.64. The van der Waals surface area contributed by atoms with E-state index in [1.807, 2.05) is 32.0 Å². The molecule has 4 nitrogen and oxygen atoms in total. The first-order valence-electron chi connectivity index (χ1n) is 6.49. The van der Waals surface area contributed by atoms with Crippen LogP contribution in [0.2, 0.25) is 0 Å². The predicted molar refractivity (Wildman–Crippen MR) is 79.4 cm³/mol. The number of aryl methyl sites for hydroxylation is 1. The minimum Gasteiger partial charge on any atom is -0.353 e. The second-order valence-corrected chi connectivity index (χ2v) is 5.58. The maximum atomic E-state index is 11.7. The average molecular weight is 277 g/mol. The summed E-state index contributed by atoms with van der Waals surface area (Å²) in [5.41, 5.74) is 2.10. The Morgan fingerprint density at radius 3 is 2.84 bits per heavy atom. The summed E-state index contributed by atoms with van der Waals surface area (Å²) in [7, 11) is 0. The highest BCUT2D eigenvalue weighted by molar-refractivity contribution is 7.99. The van der Waals surface area contributed by atoms with Gasteiger partial charge in [-0.25, -0.2) is 4.98 Å². The highest BCUT2D eigenvalue weighted by atomic mass is 32.2. The molecule has 102 valence electrons. The molecule has 0 aliphatic carbocycles. The number of hydrogen-bond donors (Lipinski definition) is 1. The first-order valence-corrected chi connectivity index (χ1v) is 7.47. The number of thioether (sulfide) groups is 1. The zero-order valence-corrected chi connectivity index (χ0v) is 12.3. The van der Waals surface area contributed by atoms with Crippen molar-refractivity contribution in [3.63, 3.8) is 0 Å². The van der Waals surface area contributed by atoms with Gasteiger partial charge in [-0.1, -0.05) is 23.9 Å². The Balaban J connectivity index is 2.14. The number of rotatable bonds is 5. The fraction of sp³-hybridized carbons (Fsp3) is 0.429. The number of nitrogens with one attached hydrogen (secondary N) is 1. The fourth-order valence-corrected chi connectivity index (χ4v) is 2.85. The molecule has 0 aliphatic rings. The summed E-state index contributed by atoms with van der Waals surface area (Å²) in [5, 5.41) is 3.79. The van der Waals surface area contributed by atoms with Gasteiger partial charge < -0.3 is 9.88 Å². The van der Waals surface area contributed by atoms with Crippen molar-refractivity contribution in [2.75, 3.05) is 5.75 Å². The van der Waals surface area contributed by atoms with Crippen molar-refractivity contribution in [1.82, 2.24) is 14.9 Å². The summed E-state index contributed by atoms with van der Waals surface area (Å²) in [5.74, 6) is 0.455. The molecule has 0 aliphatic heterocycles. The van der Waals surface area contributed by atoms with E-state index in [0.29, 0.717) is 5.75 Å². The number of nitrogens with zero attached hydrogens (tertiary/aromatic N) is 2. The number of para-hydroxylation sites is 2. The van der Waals surface area contributed by atoms with Gasteiger partial charge in [0.1, 0.15) is 0 Å². The Morgan fingerprint density at radius 2 is 2.16 bits per heavy atom. The number of carbonyl (C=O) groups is 1. The van der Waals surface area contributed by atoms with Gasteiger partial charge in [-0.2, -0.15) is 0 Å². The van der Waals surface area contributed by atoms with Crippen molar-refractivity contribution in [2.45, 2.75) is 38.5 Å². The normalized spacial score (nSPS) is 11.2. The summed E-state index contributed by atoms with van der Waals surface area (Å²) in [4.78, 5) is 16.3. The van der Waals surface area contributed by atoms with E-state index in [9.17, 15) is 4.79 Å². The zero-order valence-electron chi connectivity index (χ0n) is 11.5. The number of aromatic nitrogens is 2. The summed E-state index contributed by atoms with van der Waals surface area (Å²) in [6.45, 7) is 6.87. The van der Waals surface area contributed by atoms with E-state index in [-0.39, 0.29) is 11.9 Å². The van der Waals surface area contributed by atoms with Gasteiger partial charge >= 0.3 is 0 Å². The minimum atomic E-state index is 0.0507. The molecule has 5 heteroatoms. The molecular formula is C14H19N3OS. The van der Waals surface area contributed by atoms with Crippen LogP contribution in [-0.4, -0.2) is 27.3 Å². The average Bonchev–Trinajstić information content (AvgIpc) is 2.73. The Morgan fingerprint density at radius 1 is 1.42 bits per heavy atom. The summed E-state index contributed by atoms with van der Waals surface area (Å²) in [6.07, 6.45) is 0. The lowest BCUT2D eigenvalue weighted by molar-refractivity contribution is -0.119. The SMILES string of the molecule is CCn1c(SCC(=O)NC(C)C)nc2ccccc21. The molecule has 1 heterocycles. The molecule has 1 aromatic carbocycles. The lowest BCUT2D eigenvalue weighted by atomic mass is 10.3. The van der Waals surface area contributed by atoms with Crippen molar-refractivity contribution < 1.29 is 4.79 Å². The van der Waals surface area contributed by atoms with E-state index in [4.69, 9.17) is 0 Å². The van der Waals surface area contributed by atoms with Crippen LogP contribution < -0.4 is 5.32 Å². The number of fused-ring (bicyclic) bond motifs is 1. The van der Waals surface area contributed by atoms with Crippen LogP contribution in [-0.2, 0) is 11.3 Å². The first kappa shape index (κ1) is 13.9. The molecule has 2 aromatic rings. The summed E-state index contributed by atoms with van der Waals surface area (Å²) >= 11 is 1.49. The van der Waals surface area contributed by atoms with E-state index in [0.717, 1.165) is 22.7 Å². The van der Waals surface area contributed by atoms with Gasteiger partial charge in [-0.3, -0.25) is 4.79 Å². The molecule has 0 unspecified atom stereocenters. The number of carbonyl (C=O) groups excluding carboxylic acids is 1. The highest BCUT2D eigenvalue weighted by Gasteiger charge is 2.11. The Bertz CT molecular complexity index is 577. The van der Waals surface area contributed by atoms with E-state index >= 15 is 0 Å². The van der Waals surface area contributed by atoms with E-state index in [2.05, 4.69) is 27.9 Å². The van der Waals surface area contributed by atoms with E-state index in [1.165, 1.54) is 11.8 Å². The first-order chi connectivity index (χ1) is 9.11. The molecule has 1 N–H and O–H groups in total. The van der Waals surface area contributed by atoms with Crippen molar-refractivity contribution in [1.29, 1.82) is 0 Å². The number of amides is 1. The standard InChI is InChI=1S/C14H19N3OS/c1-4-17-12-8-6-5-7-11(12)16-14(17)19-9-13(18)15-10(2)3/h5-8,10H,4,9H2,1-3H3,(H,15,18). The van der Waals surface area contributed by atoms with Crippen molar-refractivity contribution >= 4 is 28.7 Å². The molecule has 0 saturated carbocycles. The minimum absolute atomic E-state index is 0.0507. The zero-order chi connectivity index (χ0) is 13.8. The lowest BCUT2D eigenvalue weighted by Gasteiger charge is -2.08. The fourth-order valence-electron chi connectivity index (χ4n) is 1.96. The van der Waals surface area contributed by atoms with Crippen LogP contribution in [0.4, 0.5) is 0 Å². The maximum Gasteiger partial charge on any atom is 0.230 e. The van der Waals surface area contributed by atoms with Crippen LogP contribution in [0.1, 0.15) is 20.8 Å². The van der Waals surface area contributed by atoms with Crippen LogP contribution in [0.25, 0.3) is 11.0 Å². The Kier molecular flexibility index (Phi) is 4.47. The second kappa shape index (κ2) is 6.10. The van der Waals surface area contributed by atoms with Crippen molar-refractivity contribution in [2.24, 2.45) is 0 Å². The third kappa shape index (κ3) is 3.29. The van der Waals surface area contributed by atoms with Gasteiger partial charge in [0.15, 0.2) is 5.16 Å². The van der Waals surface area contributed by atoms with Crippen LogP contribution in [0.3, 0.4) is 0 Å². The molecular weight excluding hydrogens is 258 g/mol. The van der Waals surface area contributed by atoms with Crippen LogP contribution in [0.5, 0.6) is 0 Å². The molecule has 0 saturated heterocycles. The highest BCUT2D eigenvalue weighted by Crippen LogP contribution is 2.23. The topological polar surface area (TPSA) is 46.9 Å². The third-order valence-corrected chi connectivity index (χ3v) is 3.69.